The van der Waals surface area contributed by atoms with Crippen LogP contribution in [0, 0.1) is 32.7 Å². The number of aryl methyl sites for hydroxylation is 3. The van der Waals surface area contributed by atoms with E-state index in [4.69, 9.17) is 16.8 Å². The van der Waals surface area contributed by atoms with Crippen LogP contribution in [0.2, 0.25) is 0 Å². The van der Waals surface area contributed by atoms with Crippen molar-refractivity contribution in [2.75, 3.05) is 0 Å². The number of aromatic nitrogens is 1. The molecule has 9 aromatic rings. The molecule has 0 N–H and O–H groups in total. The van der Waals surface area contributed by atoms with Crippen molar-refractivity contribution in [3.05, 3.63) is 203 Å². The van der Waals surface area contributed by atoms with Crippen LogP contribution in [0.1, 0.15) is 47.1 Å². The molecule has 0 amide bonds. The van der Waals surface area contributed by atoms with Crippen LogP contribution in [0.5, 0.6) is 0 Å². The molecular weight excluding hydrogens is 861 g/mol. The predicted octanol–water partition coefficient (Wildman–Crippen LogP) is 14.0. The molecular formula is C52H39IrN2O. The molecule has 0 saturated carbocycles. The summed E-state index contributed by atoms with van der Waals surface area (Å²) < 4.78 is 75.0. The first-order valence-corrected chi connectivity index (χ1v) is 17.7. The average Bonchev–Trinajstić information content (AvgIpc) is 3.68. The quantitative estimate of drug-likeness (QED) is 0.0722. The van der Waals surface area contributed by atoms with E-state index in [0.29, 0.717) is 16.8 Å². The van der Waals surface area contributed by atoms with Crippen LogP contribution in [-0.4, -0.2) is 11.2 Å². The molecule has 7 aromatic carbocycles. The van der Waals surface area contributed by atoms with Gasteiger partial charge in [-0.25, -0.2) is 0 Å². The number of pyridine rings is 1. The molecule has 4 heteroatoms. The van der Waals surface area contributed by atoms with Gasteiger partial charge in [-0.1, -0.05) is 158 Å². The van der Waals surface area contributed by atoms with Gasteiger partial charge in [0.1, 0.15) is 5.58 Å². The summed E-state index contributed by atoms with van der Waals surface area (Å²) in [4.78, 5) is 4.21. The summed E-state index contributed by atoms with van der Waals surface area (Å²) in [7, 11) is 0. The van der Waals surface area contributed by atoms with E-state index >= 15 is 0 Å². The van der Waals surface area contributed by atoms with Gasteiger partial charge in [-0.3, -0.25) is 0 Å². The number of allylic oxidation sites excluding steroid dienone is 4. The van der Waals surface area contributed by atoms with Gasteiger partial charge in [0.05, 0.1) is 0 Å². The Kier molecular flexibility index (Phi) is 8.41. The second kappa shape index (κ2) is 16.7. The average molecular weight is 909 g/mol. The van der Waals surface area contributed by atoms with Gasteiger partial charge in [0.2, 0.25) is 0 Å². The Bertz CT molecular complexity index is 3240. The molecule has 56 heavy (non-hydrogen) atoms. The van der Waals surface area contributed by atoms with E-state index in [1.54, 1.807) is 42.5 Å². The molecule has 0 saturated heterocycles. The Balaban J connectivity index is 0.000000205. The van der Waals surface area contributed by atoms with E-state index in [0.717, 1.165) is 66.8 Å². The van der Waals surface area contributed by atoms with E-state index in [1.165, 1.54) is 29.1 Å². The molecule has 272 valence electrons. The van der Waals surface area contributed by atoms with Gasteiger partial charge in [-0.05, 0) is 57.8 Å². The van der Waals surface area contributed by atoms with Crippen molar-refractivity contribution in [2.45, 2.75) is 27.5 Å². The standard InChI is InChI=1S/C33H23NO.C19H16N.Ir/c1-21-10-12-23(13-11-21)25(18-19-34)20-22(2)26-8-5-9-29-31-17-16-28-27-7-4-3-6-24(27)14-15-30(28)33(31)35-32(26)29;1-14-8-11-19(20-13-14)17-10-9-15(2)18(12-17)16-6-4-3-5-7-16;/h3-7,9-20H,1-2H3;3-9,11-13H,1-2H3;/q-2;-1;+3/b22-20+,25-18+;;/i1D3;1D3,2D3;. The molecule has 0 unspecified atom stereocenters. The third-order valence-corrected chi connectivity index (χ3v) is 9.63. The minimum atomic E-state index is -2.27. The molecule has 0 atom stereocenters. The Morgan fingerprint density at radius 1 is 0.714 bits per heavy atom. The maximum absolute atomic E-state index is 9.56. The van der Waals surface area contributed by atoms with Crippen molar-refractivity contribution in [3.8, 4) is 22.4 Å². The monoisotopic (exact) mass is 909 g/mol. The summed E-state index contributed by atoms with van der Waals surface area (Å²) >= 11 is 0. The predicted molar refractivity (Wildman–Crippen MR) is 233 cm³/mol. The first kappa shape index (κ1) is 28.3. The van der Waals surface area contributed by atoms with Crippen molar-refractivity contribution in [2.24, 2.45) is 0 Å². The van der Waals surface area contributed by atoms with Gasteiger partial charge < -0.3 is 14.8 Å². The fourth-order valence-corrected chi connectivity index (χ4v) is 6.91. The molecule has 0 bridgehead atoms. The molecule has 2 heterocycles. The van der Waals surface area contributed by atoms with Gasteiger partial charge in [-0.2, -0.15) is 6.21 Å². The van der Waals surface area contributed by atoms with Gasteiger partial charge in [0.15, 0.2) is 0 Å². The normalized spacial score (nSPS) is 14.8. The second-order valence-corrected chi connectivity index (χ2v) is 13.2. The fourth-order valence-electron chi connectivity index (χ4n) is 6.91. The van der Waals surface area contributed by atoms with E-state index in [9.17, 15) is 5.41 Å². The van der Waals surface area contributed by atoms with Crippen molar-refractivity contribution in [3.63, 3.8) is 0 Å². The smallest absolute Gasteiger partial charge is 0.811 e. The van der Waals surface area contributed by atoms with Crippen molar-refractivity contribution >= 4 is 60.8 Å². The minimum absolute atomic E-state index is 0. The van der Waals surface area contributed by atoms with Crippen LogP contribution in [0.15, 0.2) is 162 Å². The van der Waals surface area contributed by atoms with Gasteiger partial charge in [-0.15, -0.1) is 58.7 Å². The summed E-state index contributed by atoms with van der Waals surface area (Å²) in [5.74, 6) is 0. The first-order valence-electron chi connectivity index (χ1n) is 22.2. The van der Waals surface area contributed by atoms with E-state index in [1.807, 2.05) is 61.5 Å². The molecule has 2 aromatic heterocycles. The molecule has 0 aliphatic rings. The zero-order valence-electron chi connectivity index (χ0n) is 39.2. The number of benzene rings is 7. The summed E-state index contributed by atoms with van der Waals surface area (Å²) in [5.41, 5.74) is 8.00. The van der Waals surface area contributed by atoms with Crippen molar-refractivity contribution in [1.29, 1.82) is 0 Å². The van der Waals surface area contributed by atoms with Crippen molar-refractivity contribution < 1.29 is 36.9 Å². The molecule has 0 aliphatic heterocycles. The third kappa shape index (κ3) is 7.68. The minimum Gasteiger partial charge on any atom is -0.811 e. The Morgan fingerprint density at radius 2 is 1.45 bits per heavy atom. The van der Waals surface area contributed by atoms with E-state index in [2.05, 4.69) is 59.6 Å². The molecule has 0 radical (unpaired) electrons. The van der Waals surface area contributed by atoms with Gasteiger partial charge in [0, 0.05) is 34.9 Å². The van der Waals surface area contributed by atoms with Crippen LogP contribution in [0.25, 0.3) is 82.4 Å². The molecule has 0 spiro atoms. The number of hydrogen-bond acceptors (Lipinski definition) is 2. The third-order valence-electron chi connectivity index (χ3n) is 9.63. The van der Waals surface area contributed by atoms with Crippen LogP contribution in [0.3, 0.4) is 0 Å². The fraction of sp³-hybridized carbons (Fsp3) is 0.0769. The molecule has 0 fully saturated rings. The summed E-state index contributed by atoms with van der Waals surface area (Å²) in [5, 5.41) is 16.2. The number of furan rings is 1. The topological polar surface area (TPSA) is 48.3 Å². The summed E-state index contributed by atoms with van der Waals surface area (Å²) in [6.07, 6.45) is 5.83. The van der Waals surface area contributed by atoms with E-state index < -0.39 is 20.6 Å². The van der Waals surface area contributed by atoms with E-state index in [-0.39, 0.29) is 36.8 Å². The maximum atomic E-state index is 9.56. The molecule has 3 nitrogen and oxygen atoms in total. The number of fused-ring (bicyclic) bond motifs is 7. The maximum Gasteiger partial charge on any atom is 3.00 e. The summed E-state index contributed by atoms with van der Waals surface area (Å²) in [6.45, 7) is -4.67. The number of rotatable bonds is 6. The van der Waals surface area contributed by atoms with Crippen LogP contribution >= 0.6 is 0 Å². The SMILES string of the molecule is [2H]C([2H])([2H])c1ccc(-c2[c-]cc(C([2H])([2H])[2H])c(-c3ccccc3)c2)nc1.[2H]C([2H])([2H])c1ccc(C(=C/C=[N-])/C=C(\C)c2[c-]ccc3c2oc2c3ccc3c4ccccc4ccc32)cc1.[Ir+3]. The molecule has 0 aliphatic carbocycles. The largest absolute Gasteiger partial charge is 3.00 e. The Morgan fingerprint density at radius 3 is 2.21 bits per heavy atom. The van der Waals surface area contributed by atoms with Gasteiger partial charge in [0.25, 0.3) is 0 Å². The zero-order chi connectivity index (χ0) is 45.4. The molecule has 9 rings (SSSR count). The van der Waals surface area contributed by atoms with Gasteiger partial charge >= 0.3 is 20.1 Å². The number of hydrogen-bond donors (Lipinski definition) is 0. The van der Waals surface area contributed by atoms with Crippen LogP contribution in [-0.2, 0) is 20.1 Å². The van der Waals surface area contributed by atoms with Crippen LogP contribution < -0.4 is 0 Å². The first-order chi connectivity index (χ1) is 30.5. The Hall–Kier alpha value is -6.19. The number of nitrogens with zero attached hydrogens (tertiary/aromatic N) is 2. The Labute approximate surface area is 354 Å². The van der Waals surface area contributed by atoms with Crippen molar-refractivity contribution in [1.82, 2.24) is 4.98 Å². The summed E-state index contributed by atoms with van der Waals surface area (Å²) in [6, 6.07) is 49.4. The van der Waals surface area contributed by atoms with Crippen LogP contribution in [0.4, 0.5) is 0 Å². The zero-order valence-corrected chi connectivity index (χ0v) is 32.6. The second-order valence-electron chi connectivity index (χ2n) is 13.2.